The van der Waals surface area contributed by atoms with Gasteiger partial charge < -0.3 is 30.1 Å². The van der Waals surface area contributed by atoms with Crippen molar-refractivity contribution in [1.29, 1.82) is 0 Å². The highest BCUT2D eigenvalue weighted by molar-refractivity contribution is 6.53. The van der Waals surface area contributed by atoms with Crippen LogP contribution in [0.25, 0.3) is 10.6 Å². The van der Waals surface area contributed by atoms with E-state index in [0.29, 0.717) is 0 Å². The van der Waals surface area contributed by atoms with Gasteiger partial charge in [0.05, 0.1) is 24.5 Å². The number of carbonyl (C=O) groups is 3. The lowest BCUT2D eigenvalue weighted by molar-refractivity contribution is -0.170. The van der Waals surface area contributed by atoms with Crippen LogP contribution in [0, 0.1) is 0 Å². The maximum absolute atomic E-state index is 10.3. The topological polar surface area (TPSA) is 145 Å². The fourth-order valence-electron chi connectivity index (χ4n) is 4.71. The molecule has 0 saturated carbocycles. The summed E-state index contributed by atoms with van der Waals surface area (Å²) in [6.07, 6.45) is 2.56. The van der Waals surface area contributed by atoms with Crippen LogP contribution in [-0.2, 0) is 14.4 Å². The van der Waals surface area contributed by atoms with Gasteiger partial charge in [-0.2, -0.15) is 0 Å². The number of rotatable bonds is 18. The van der Waals surface area contributed by atoms with E-state index >= 15 is 0 Å². The summed E-state index contributed by atoms with van der Waals surface area (Å²) in [7, 11) is 0. The Bertz CT molecular complexity index is 1370. The van der Waals surface area contributed by atoms with Gasteiger partial charge in [-0.15, -0.1) is 0 Å². The average molecular weight is 654 g/mol. The Morgan fingerprint density at radius 2 is 1.17 bits per heavy atom. The largest absolute Gasteiger partial charge is 0.494 e. The number of ether oxygens (including phenoxy) is 1. The van der Waals surface area contributed by atoms with E-state index in [1.807, 2.05) is 60.7 Å². The molecule has 3 aromatic rings. The summed E-state index contributed by atoms with van der Waals surface area (Å²) in [5.41, 5.74) is 1.49. The van der Waals surface area contributed by atoms with Crippen LogP contribution in [0.3, 0.4) is 0 Å². The Hall–Kier alpha value is -4.18. The molecule has 0 aliphatic heterocycles. The van der Waals surface area contributed by atoms with Gasteiger partial charge in [0.25, 0.3) is 0 Å². The first kappa shape index (κ1) is 38.0. The Balaban J connectivity index is 0.000000479. The lowest BCUT2D eigenvalue weighted by Crippen LogP contribution is -2.42. The first-order chi connectivity index (χ1) is 22.0. The first-order valence-electron chi connectivity index (χ1n) is 15.4. The molecule has 248 valence electrons. The zero-order chi connectivity index (χ0) is 34.0. The molecule has 0 saturated heterocycles. The van der Waals surface area contributed by atoms with E-state index in [1.54, 1.807) is 0 Å². The zero-order valence-electron chi connectivity index (χ0n) is 26.4. The summed E-state index contributed by atoms with van der Waals surface area (Å²) in [5.74, 6) is -4.11. The molecule has 46 heavy (non-hydrogen) atoms. The van der Waals surface area contributed by atoms with E-state index in [9.17, 15) is 14.4 Å². The SMILES string of the molecule is CCN(CC)CCCCCCOc1ccc(/C(=C(\Cl)c2ccccc2)c2ccccc2)cc1.O=C(O)CC(O)(CC(=O)O)C(=O)O. The minimum absolute atomic E-state index is 0.750. The van der Waals surface area contributed by atoms with E-state index in [1.165, 1.54) is 25.8 Å². The molecule has 0 radical (unpaired) electrons. The van der Waals surface area contributed by atoms with Crippen molar-refractivity contribution in [2.24, 2.45) is 0 Å². The number of benzene rings is 3. The molecule has 0 bridgehead atoms. The number of halogens is 1. The number of nitrogens with zero attached hydrogens (tertiary/aromatic N) is 1. The standard InChI is InChI=1S/C30H36ClNO.C6H8O7/c1-3-32(4-2)23-13-5-6-14-24-33-28-21-19-26(20-22-28)29(25-15-9-7-10-16-25)30(31)27-17-11-8-12-18-27;7-3(8)1-6(13,5(11)12)2-4(9)10/h7-12,15-22H,3-6,13-14,23-24H2,1-2H3;13H,1-2H2,(H,7,8)(H,9,10)(H,11,12)/b30-29-;. The number of aliphatic hydroxyl groups is 1. The summed E-state index contributed by atoms with van der Waals surface area (Å²) >= 11 is 6.91. The number of aliphatic carboxylic acids is 3. The van der Waals surface area contributed by atoms with Crippen LogP contribution >= 0.6 is 11.6 Å². The van der Waals surface area contributed by atoms with Gasteiger partial charge >= 0.3 is 17.9 Å². The van der Waals surface area contributed by atoms with Crippen LogP contribution in [0.1, 0.15) is 69.1 Å². The van der Waals surface area contributed by atoms with Crippen LogP contribution in [0.15, 0.2) is 84.9 Å². The maximum Gasteiger partial charge on any atom is 0.336 e. The molecular formula is C36H44ClNO8. The second-order valence-corrected chi connectivity index (χ2v) is 11.1. The van der Waals surface area contributed by atoms with Crippen LogP contribution in [0.5, 0.6) is 5.75 Å². The molecule has 0 aromatic heterocycles. The van der Waals surface area contributed by atoms with Crippen molar-refractivity contribution in [3.05, 3.63) is 102 Å². The molecule has 3 rings (SSSR count). The quantitative estimate of drug-likeness (QED) is 0.0853. The van der Waals surface area contributed by atoms with Gasteiger partial charge in [0.15, 0.2) is 5.60 Å². The maximum atomic E-state index is 10.3. The van der Waals surface area contributed by atoms with Crippen LogP contribution in [0.2, 0.25) is 0 Å². The highest BCUT2D eigenvalue weighted by atomic mass is 35.5. The van der Waals surface area contributed by atoms with Gasteiger partial charge in [-0.1, -0.05) is 111 Å². The lowest BCUT2D eigenvalue weighted by atomic mass is 9.95. The summed E-state index contributed by atoms with van der Waals surface area (Å²) in [5, 5.41) is 34.6. The molecule has 0 amide bonds. The molecular weight excluding hydrogens is 610 g/mol. The predicted octanol–water partition coefficient (Wildman–Crippen LogP) is 6.87. The van der Waals surface area contributed by atoms with Crippen molar-refractivity contribution in [1.82, 2.24) is 4.90 Å². The van der Waals surface area contributed by atoms with Crippen molar-refractivity contribution in [3.8, 4) is 5.75 Å². The van der Waals surface area contributed by atoms with E-state index in [-0.39, 0.29) is 0 Å². The second kappa shape index (κ2) is 20.0. The third kappa shape index (κ3) is 13.0. The molecule has 4 N–H and O–H groups in total. The average Bonchev–Trinajstić information content (AvgIpc) is 3.03. The van der Waals surface area contributed by atoms with E-state index in [4.69, 9.17) is 36.8 Å². The normalized spacial score (nSPS) is 11.7. The molecule has 9 nitrogen and oxygen atoms in total. The smallest absolute Gasteiger partial charge is 0.336 e. The second-order valence-electron chi connectivity index (χ2n) is 10.7. The molecule has 0 unspecified atom stereocenters. The van der Waals surface area contributed by atoms with Gasteiger partial charge in [0.1, 0.15) is 5.75 Å². The number of carboxylic acid groups (broad SMARTS) is 3. The van der Waals surface area contributed by atoms with Gasteiger partial charge in [-0.05, 0) is 61.3 Å². The molecule has 0 spiro atoms. The van der Waals surface area contributed by atoms with Crippen LogP contribution < -0.4 is 4.74 Å². The lowest BCUT2D eigenvalue weighted by Gasteiger charge is -2.18. The monoisotopic (exact) mass is 653 g/mol. The molecule has 0 aliphatic carbocycles. The van der Waals surface area contributed by atoms with Crippen molar-refractivity contribution in [2.75, 3.05) is 26.2 Å². The Labute approximate surface area is 275 Å². The molecule has 10 heteroatoms. The van der Waals surface area contributed by atoms with Crippen molar-refractivity contribution in [2.45, 2.75) is 58.0 Å². The van der Waals surface area contributed by atoms with E-state index < -0.39 is 36.4 Å². The summed E-state index contributed by atoms with van der Waals surface area (Å²) in [6.45, 7) is 8.73. The molecule has 0 atom stereocenters. The number of hydrogen-bond donors (Lipinski definition) is 4. The van der Waals surface area contributed by atoms with Gasteiger partial charge in [-0.3, -0.25) is 9.59 Å². The summed E-state index contributed by atoms with van der Waals surface area (Å²) in [4.78, 5) is 33.0. The van der Waals surface area contributed by atoms with Gasteiger partial charge in [0.2, 0.25) is 0 Å². The van der Waals surface area contributed by atoms with Gasteiger partial charge in [0, 0.05) is 5.57 Å². The molecule has 3 aromatic carbocycles. The highest BCUT2D eigenvalue weighted by Gasteiger charge is 2.40. The molecule has 0 fully saturated rings. The van der Waals surface area contributed by atoms with Crippen LogP contribution in [0.4, 0.5) is 0 Å². The molecule has 0 aliphatic rings. The van der Waals surface area contributed by atoms with Gasteiger partial charge in [-0.25, -0.2) is 4.79 Å². The predicted molar refractivity (Wildman–Crippen MR) is 180 cm³/mol. The highest BCUT2D eigenvalue weighted by Crippen LogP contribution is 2.35. The number of carboxylic acids is 3. The molecule has 0 heterocycles. The van der Waals surface area contributed by atoms with Crippen LogP contribution in [-0.4, -0.2) is 75.1 Å². The Kier molecular flexibility index (Phi) is 16.6. The Morgan fingerprint density at radius 1 is 0.696 bits per heavy atom. The zero-order valence-corrected chi connectivity index (χ0v) is 27.2. The summed E-state index contributed by atoms with van der Waals surface area (Å²) < 4.78 is 6.00. The fraction of sp³-hybridized carbons (Fsp3) is 0.361. The van der Waals surface area contributed by atoms with E-state index in [0.717, 1.165) is 59.2 Å². The third-order valence-corrected chi connectivity index (χ3v) is 7.68. The van der Waals surface area contributed by atoms with Crippen molar-refractivity contribution < 1.29 is 39.5 Å². The van der Waals surface area contributed by atoms with Crippen molar-refractivity contribution >= 4 is 40.1 Å². The van der Waals surface area contributed by atoms with Crippen molar-refractivity contribution in [3.63, 3.8) is 0 Å². The Morgan fingerprint density at radius 3 is 1.65 bits per heavy atom. The first-order valence-corrected chi connectivity index (χ1v) is 15.7. The number of hydrogen-bond acceptors (Lipinski definition) is 6. The minimum atomic E-state index is -2.74. The fourth-order valence-corrected chi connectivity index (χ4v) is 5.05. The van der Waals surface area contributed by atoms with E-state index in [2.05, 4.69) is 43.0 Å². The third-order valence-electron chi connectivity index (χ3n) is 7.27. The number of unbranched alkanes of at least 4 members (excludes halogenated alkanes) is 3. The summed E-state index contributed by atoms with van der Waals surface area (Å²) in [6, 6.07) is 28.8. The minimum Gasteiger partial charge on any atom is -0.494 e.